The van der Waals surface area contributed by atoms with Crippen LogP contribution in [0, 0.1) is 13.8 Å². The molecule has 1 aliphatic heterocycles. The Morgan fingerprint density at radius 3 is 2.41 bits per heavy atom. The van der Waals surface area contributed by atoms with E-state index >= 15 is 0 Å². The molecule has 0 unspecified atom stereocenters. The maximum atomic E-state index is 13.3. The highest BCUT2D eigenvalue weighted by atomic mass is 16.2. The van der Waals surface area contributed by atoms with Crippen LogP contribution in [0.15, 0.2) is 42.6 Å². The third-order valence-electron chi connectivity index (χ3n) is 6.18. The minimum absolute atomic E-state index is 0.0102. The number of rotatable bonds is 3. The zero-order chi connectivity index (χ0) is 20.8. The van der Waals surface area contributed by atoms with E-state index in [1.807, 2.05) is 11.0 Å². The van der Waals surface area contributed by atoms with Crippen molar-refractivity contribution in [3.63, 3.8) is 0 Å². The van der Waals surface area contributed by atoms with Gasteiger partial charge in [0, 0.05) is 36.9 Å². The van der Waals surface area contributed by atoms with Crippen molar-refractivity contribution in [2.45, 2.75) is 39.7 Å². The summed E-state index contributed by atoms with van der Waals surface area (Å²) in [5.41, 5.74) is 6.16. The van der Waals surface area contributed by atoms with E-state index in [4.69, 9.17) is 4.98 Å². The number of carbonyl (C=O) groups is 1. The van der Waals surface area contributed by atoms with Crippen molar-refractivity contribution in [3.05, 3.63) is 59.4 Å². The van der Waals surface area contributed by atoms with E-state index in [2.05, 4.69) is 80.6 Å². The van der Waals surface area contributed by atoms with E-state index in [9.17, 15) is 4.79 Å². The second-order valence-electron chi connectivity index (χ2n) is 8.93. The normalized spacial score (nSPS) is 17.1. The largest absolute Gasteiger partial charge is 0.339 e. The van der Waals surface area contributed by atoms with Gasteiger partial charge < -0.3 is 9.30 Å². The Morgan fingerprint density at radius 2 is 1.72 bits per heavy atom. The van der Waals surface area contributed by atoms with Crippen LogP contribution >= 0.6 is 0 Å². The minimum Gasteiger partial charge on any atom is -0.339 e. The van der Waals surface area contributed by atoms with E-state index in [1.165, 1.54) is 5.56 Å². The van der Waals surface area contributed by atoms with Gasteiger partial charge in [-0.2, -0.15) is 0 Å². The van der Waals surface area contributed by atoms with Crippen LogP contribution in [0.1, 0.15) is 30.7 Å². The van der Waals surface area contributed by atoms with Crippen molar-refractivity contribution in [2.75, 3.05) is 26.7 Å². The summed E-state index contributed by atoms with van der Waals surface area (Å²) in [6.45, 7) is 11.0. The summed E-state index contributed by atoms with van der Waals surface area (Å²) in [6, 6.07) is 12.5. The Bertz CT molecular complexity index is 1050. The lowest BCUT2D eigenvalue weighted by Gasteiger charge is -2.45. The van der Waals surface area contributed by atoms with Crippen LogP contribution in [-0.2, 0) is 11.2 Å². The first-order valence-corrected chi connectivity index (χ1v) is 10.3. The van der Waals surface area contributed by atoms with Crippen molar-refractivity contribution in [2.24, 2.45) is 0 Å². The van der Waals surface area contributed by atoms with Crippen molar-refractivity contribution in [1.29, 1.82) is 0 Å². The van der Waals surface area contributed by atoms with E-state index in [0.29, 0.717) is 6.42 Å². The maximum Gasteiger partial charge on any atom is 0.228 e. The predicted octanol–water partition coefficient (Wildman–Crippen LogP) is 3.71. The first kappa shape index (κ1) is 19.6. The molecular formula is C24H30N4O. The van der Waals surface area contributed by atoms with Crippen LogP contribution in [0.3, 0.4) is 0 Å². The van der Waals surface area contributed by atoms with Gasteiger partial charge in [-0.25, -0.2) is 4.98 Å². The highest BCUT2D eigenvalue weighted by molar-refractivity contribution is 5.82. The van der Waals surface area contributed by atoms with Gasteiger partial charge in [0.1, 0.15) is 5.65 Å². The number of hydrogen-bond donors (Lipinski definition) is 0. The zero-order valence-electron chi connectivity index (χ0n) is 18.1. The lowest BCUT2D eigenvalue weighted by Crippen LogP contribution is -2.59. The van der Waals surface area contributed by atoms with Gasteiger partial charge in [0.25, 0.3) is 0 Å². The molecular weight excluding hydrogens is 360 g/mol. The smallest absolute Gasteiger partial charge is 0.228 e. The third-order valence-corrected chi connectivity index (χ3v) is 6.18. The number of hydrogen-bond acceptors (Lipinski definition) is 3. The fraction of sp³-hybridized carbons (Fsp3) is 0.417. The number of imidazole rings is 1. The van der Waals surface area contributed by atoms with E-state index < -0.39 is 0 Å². The minimum atomic E-state index is -0.0102. The highest BCUT2D eigenvalue weighted by Crippen LogP contribution is 2.27. The number of aromatic nitrogens is 2. The topological polar surface area (TPSA) is 40.9 Å². The molecule has 0 radical (unpaired) electrons. The van der Waals surface area contributed by atoms with Crippen molar-refractivity contribution in [1.82, 2.24) is 19.2 Å². The first-order valence-electron chi connectivity index (χ1n) is 10.3. The lowest BCUT2D eigenvalue weighted by atomic mass is 9.99. The lowest BCUT2D eigenvalue weighted by molar-refractivity contribution is -0.135. The van der Waals surface area contributed by atoms with Crippen molar-refractivity contribution >= 4 is 11.6 Å². The molecule has 0 aliphatic carbocycles. The van der Waals surface area contributed by atoms with Gasteiger partial charge in [-0.3, -0.25) is 9.69 Å². The average Bonchev–Trinajstić information content (AvgIpc) is 3.02. The number of piperazine rings is 1. The molecule has 0 N–H and O–H groups in total. The van der Waals surface area contributed by atoms with Gasteiger partial charge in [0.15, 0.2) is 0 Å². The molecule has 0 spiro atoms. The summed E-state index contributed by atoms with van der Waals surface area (Å²) < 4.78 is 2.09. The molecule has 0 atom stereocenters. The summed E-state index contributed by atoms with van der Waals surface area (Å²) in [5.74, 6) is 0.169. The fourth-order valence-corrected chi connectivity index (χ4v) is 4.02. The third kappa shape index (κ3) is 3.79. The molecule has 1 aliphatic rings. The molecule has 1 fully saturated rings. The summed E-state index contributed by atoms with van der Waals surface area (Å²) in [7, 11) is 2.13. The Balaban J connectivity index is 1.72. The second kappa shape index (κ2) is 7.30. The van der Waals surface area contributed by atoms with Gasteiger partial charge in [0.2, 0.25) is 5.91 Å². The van der Waals surface area contributed by atoms with Crippen molar-refractivity contribution in [3.8, 4) is 11.3 Å². The number of aryl methyl sites for hydroxylation is 2. The number of amides is 1. The zero-order valence-corrected chi connectivity index (χ0v) is 18.1. The van der Waals surface area contributed by atoms with E-state index in [1.54, 1.807) is 0 Å². The van der Waals surface area contributed by atoms with Crippen LogP contribution in [0.4, 0.5) is 0 Å². The molecule has 3 heterocycles. The van der Waals surface area contributed by atoms with Crippen LogP contribution in [-0.4, -0.2) is 57.3 Å². The van der Waals surface area contributed by atoms with Crippen LogP contribution in [0.2, 0.25) is 0 Å². The van der Waals surface area contributed by atoms with Crippen LogP contribution in [0.5, 0.6) is 0 Å². The average molecular weight is 391 g/mol. The summed E-state index contributed by atoms with van der Waals surface area (Å²) in [4.78, 5) is 22.5. The standard InChI is InChI=1S/C24H30N4O/c1-17-6-9-19(10-7-17)23-20(28-15-18(2)8-11-21(28)25-23)14-22(29)27-13-12-26(5)24(3,4)16-27/h6-11,15H,12-14,16H2,1-5H3. The van der Waals surface area contributed by atoms with E-state index in [-0.39, 0.29) is 11.4 Å². The van der Waals surface area contributed by atoms with Gasteiger partial charge >= 0.3 is 0 Å². The van der Waals surface area contributed by atoms with Gasteiger partial charge in [-0.1, -0.05) is 35.9 Å². The quantitative estimate of drug-likeness (QED) is 0.684. The molecule has 0 bridgehead atoms. The molecule has 152 valence electrons. The Hall–Kier alpha value is -2.66. The summed E-state index contributed by atoms with van der Waals surface area (Å²) in [5, 5.41) is 0. The molecule has 1 aromatic carbocycles. The molecule has 1 amide bonds. The number of benzene rings is 1. The molecule has 5 nitrogen and oxygen atoms in total. The monoisotopic (exact) mass is 390 g/mol. The van der Waals surface area contributed by atoms with Crippen molar-refractivity contribution < 1.29 is 4.79 Å². The van der Waals surface area contributed by atoms with Crippen LogP contribution < -0.4 is 0 Å². The van der Waals surface area contributed by atoms with Gasteiger partial charge in [-0.05, 0) is 46.4 Å². The van der Waals surface area contributed by atoms with E-state index in [0.717, 1.165) is 47.8 Å². The molecule has 2 aromatic heterocycles. The Labute approximate surface area is 173 Å². The maximum absolute atomic E-state index is 13.3. The molecule has 29 heavy (non-hydrogen) atoms. The van der Waals surface area contributed by atoms with Crippen LogP contribution in [0.25, 0.3) is 16.9 Å². The number of carbonyl (C=O) groups excluding carboxylic acids is 1. The highest BCUT2D eigenvalue weighted by Gasteiger charge is 2.33. The summed E-state index contributed by atoms with van der Waals surface area (Å²) in [6.07, 6.45) is 2.43. The number of fused-ring (bicyclic) bond motifs is 1. The first-order chi connectivity index (χ1) is 13.7. The van der Waals surface area contributed by atoms with Gasteiger partial charge in [0.05, 0.1) is 17.8 Å². The number of nitrogens with zero attached hydrogens (tertiary/aromatic N) is 4. The van der Waals surface area contributed by atoms with Gasteiger partial charge in [-0.15, -0.1) is 0 Å². The molecule has 0 saturated carbocycles. The number of likely N-dealkylation sites (N-methyl/N-ethyl adjacent to an activating group) is 1. The Kier molecular flexibility index (Phi) is 4.95. The molecule has 5 heteroatoms. The molecule has 1 saturated heterocycles. The molecule has 3 aromatic rings. The predicted molar refractivity (Wildman–Crippen MR) is 117 cm³/mol. The summed E-state index contributed by atoms with van der Waals surface area (Å²) >= 11 is 0. The molecule has 4 rings (SSSR count). The SMILES string of the molecule is Cc1ccc(-c2nc3ccc(C)cn3c2CC(=O)N2CCN(C)C(C)(C)C2)cc1. The second-order valence-corrected chi connectivity index (χ2v) is 8.93. The fourth-order valence-electron chi connectivity index (χ4n) is 4.02. The Morgan fingerprint density at radius 1 is 1.03 bits per heavy atom. The number of pyridine rings is 1.